The largest absolute Gasteiger partial charge is 0.416 e. The third-order valence-corrected chi connectivity index (χ3v) is 4.93. The van der Waals surface area contributed by atoms with Gasteiger partial charge in [-0.1, -0.05) is 11.6 Å². The van der Waals surface area contributed by atoms with Gasteiger partial charge in [0.2, 0.25) is 10.0 Å². The number of halogens is 4. The summed E-state index contributed by atoms with van der Waals surface area (Å²) in [6.07, 6.45) is -4.04. The lowest BCUT2D eigenvalue weighted by Gasteiger charge is -2.14. The summed E-state index contributed by atoms with van der Waals surface area (Å²) in [4.78, 5) is -0.555. The van der Waals surface area contributed by atoms with Gasteiger partial charge < -0.3 is 5.32 Å². The summed E-state index contributed by atoms with van der Waals surface area (Å²) in [5, 5.41) is 2.72. The van der Waals surface area contributed by atoms with Crippen molar-refractivity contribution >= 4 is 21.6 Å². The van der Waals surface area contributed by atoms with E-state index in [0.717, 1.165) is 12.1 Å². The molecule has 0 saturated carbocycles. The summed E-state index contributed by atoms with van der Waals surface area (Å²) < 4.78 is 64.4. The van der Waals surface area contributed by atoms with Gasteiger partial charge in [0.15, 0.2) is 0 Å². The zero-order valence-electron chi connectivity index (χ0n) is 10.2. The van der Waals surface area contributed by atoms with Gasteiger partial charge in [0, 0.05) is 12.6 Å². The first-order valence-corrected chi connectivity index (χ1v) is 7.66. The SMILES string of the molecule is O=S(=O)(N[C@H]1CCNC1)c1cc(C(F)(F)F)ccc1Cl. The summed E-state index contributed by atoms with van der Waals surface area (Å²) in [6.45, 7) is 1.10. The van der Waals surface area contributed by atoms with Crippen LogP contribution in [-0.2, 0) is 16.2 Å². The van der Waals surface area contributed by atoms with Crippen molar-refractivity contribution < 1.29 is 21.6 Å². The van der Waals surface area contributed by atoms with Crippen molar-refractivity contribution in [3.63, 3.8) is 0 Å². The highest BCUT2D eigenvalue weighted by Gasteiger charge is 2.33. The average molecular weight is 329 g/mol. The zero-order valence-corrected chi connectivity index (χ0v) is 11.7. The number of rotatable bonds is 3. The van der Waals surface area contributed by atoms with Crippen molar-refractivity contribution in [2.24, 2.45) is 0 Å². The minimum absolute atomic E-state index is 0.239. The highest BCUT2D eigenvalue weighted by atomic mass is 35.5. The maximum absolute atomic E-state index is 12.6. The standard InChI is InChI=1S/C11H12ClF3N2O2S/c12-9-2-1-7(11(13,14)15)5-10(9)20(18,19)17-8-3-4-16-6-8/h1-2,5,8,16-17H,3-4,6H2/t8-/m0/s1. The van der Waals surface area contributed by atoms with Crippen molar-refractivity contribution in [3.05, 3.63) is 28.8 Å². The van der Waals surface area contributed by atoms with Crippen LogP contribution in [0, 0.1) is 0 Å². The predicted molar refractivity (Wildman–Crippen MR) is 68.1 cm³/mol. The van der Waals surface area contributed by atoms with Gasteiger partial charge >= 0.3 is 6.18 Å². The molecule has 1 aliphatic rings. The van der Waals surface area contributed by atoms with E-state index in [1.165, 1.54) is 0 Å². The van der Waals surface area contributed by atoms with E-state index in [4.69, 9.17) is 11.6 Å². The smallest absolute Gasteiger partial charge is 0.315 e. The molecule has 1 heterocycles. The van der Waals surface area contributed by atoms with Crippen molar-refractivity contribution in [2.75, 3.05) is 13.1 Å². The first-order chi connectivity index (χ1) is 9.20. The Kier molecular flexibility index (Phi) is 4.29. The van der Waals surface area contributed by atoms with Gasteiger partial charge in [0.1, 0.15) is 4.90 Å². The molecule has 0 aliphatic carbocycles. The van der Waals surface area contributed by atoms with Crippen molar-refractivity contribution in [3.8, 4) is 0 Å². The van der Waals surface area contributed by atoms with Gasteiger partial charge in [-0.3, -0.25) is 0 Å². The molecule has 1 aromatic carbocycles. The average Bonchev–Trinajstić information content (AvgIpc) is 2.79. The quantitative estimate of drug-likeness (QED) is 0.892. The van der Waals surface area contributed by atoms with E-state index in [1.54, 1.807) is 0 Å². The Morgan fingerprint density at radius 2 is 2.05 bits per heavy atom. The molecule has 0 radical (unpaired) electrons. The van der Waals surface area contributed by atoms with E-state index in [9.17, 15) is 21.6 Å². The van der Waals surface area contributed by atoms with Crippen LogP contribution in [0.2, 0.25) is 5.02 Å². The Morgan fingerprint density at radius 3 is 2.60 bits per heavy atom. The molecule has 0 bridgehead atoms. The third kappa shape index (κ3) is 3.43. The fourth-order valence-electron chi connectivity index (χ4n) is 1.92. The number of alkyl halides is 3. The van der Waals surface area contributed by atoms with Crippen LogP contribution in [0.1, 0.15) is 12.0 Å². The minimum atomic E-state index is -4.62. The topological polar surface area (TPSA) is 58.2 Å². The van der Waals surface area contributed by atoms with Crippen LogP contribution in [0.5, 0.6) is 0 Å². The zero-order chi connectivity index (χ0) is 15.0. The van der Waals surface area contributed by atoms with Gasteiger partial charge in [0.05, 0.1) is 10.6 Å². The maximum atomic E-state index is 12.6. The van der Waals surface area contributed by atoms with E-state index in [-0.39, 0.29) is 11.1 Å². The Bertz CT molecular complexity index is 598. The summed E-state index contributed by atoms with van der Waals surface area (Å²) in [5.74, 6) is 0. The van der Waals surface area contributed by atoms with E-state index >= 15 is 0 Å². The normalized spacial score (nSPS) is 20.3. The van der Waals surface area contributed by atoms with Crippen molar-refractivity contribution in [1.29, 1.82) is 0 Å². The predicted octanol–water partition coefficient (Wildman–Crippen LogP) is 2.00. The molecule has 9 heteroatoms. The first kappa shape index (κ1) is 15.6. The lowest BCUT2D eigenvalue weighted by atomic mass is 10.2. The first-order valence-electron chi connectivity index (χ1n) is 5.80. The minimum Gasteiger partial charge on any atom is -0.315 e. The Morgan fingerprint density at radius 1 is 1.35 bits per heavy atom. The molecule has 0 amide bonds. The number of hydrogen-bond acceptors (Lipinski definition) is 3. The van der Waals surface area contributed by atoms with Gasteiger partial charge in [0.25, 0.3) is 0 Å². The molecular weight excluding hydrogens is 317 g/mol. The Hall–Kier alpha value is -0.830. The molecule has 2 rings (SSSR count). The van der Waals surface area contributed by atoms with E-state index in [0.29, 0.717) is 25.6 Å². The lowest BCUT2D eigenvalue weighted by Crippen LogP contribution is -2.36. The summed E-state index contributed by atoms with van der Waals surface area (Å²) >= 11 is 5.71. The van der Waals surface area contributed by atoms with Crippen LogP contribution in [-0.4, -0.2) is 27.5 Å². The summed E-state index contributed by atoms with van der Waals surface area (Å²) in [7, 11) is -4.08. The lowest BCUT2D eigenvalue weighted by molar-refractivity contribution is -0.137. The second kappa shape index (κ2) is 5.51. The molecule has 1 atom stereocenters. The number of benzene rings is 1. The van der Waals surface area contributed by atoms with Crippen molar-refractivity contribution in [2.45, 2.75) is 23.5 Å². The molecule has 1 saturated heterocycles. The molecule has 1 fully saturated rings. The molecule has 1 aromatic rings. The highest BCUT2D eigenvalue weighted by molar-refractivity contribution is 7.89. The molecular formula is C11H12ClF3N2O2S. The van der Waals surface area contributed by atoms with E-state index in [1.807, 2.05) is 0 Å². The number of hydrogen-bond donors (Lipinski definition) is 2. The molecule has 112 valence electrons. The van der Waals surface area contributed by atoms with Crippen LogP contribution < -0.4 is 10.0 Å². The van der Waals surface area contributed by atoms with Gasteiger partial charge in [-0.2, -0.15) is 13.2 Å². The molecule has 0 spiro atoms. The molecule has 0 aromatic heterocycles. The summed E-state index contributed by atoms with van der Waals surface area (Å²) in [5.41, 5.74) is -1.05. The summed E-state index contributed by atoms with van der Waals surface area (Å²) in [6, 6.07) is 1.89. The molecule has 0 unspecified atom stereocenters. The Labute approximate surface area is 119 Å². The van der Waals surface area contributed by atoms with E-state index in [2.05, 4.69) is 10.0 Å². The number of nitrogens with one attached hydrogen (secondary N) is 2. The second-order valence-electron chi connectivity index (χ2n) is 4.45. The molecule has 2 N–H and O–H groups in total. The van der Waals surface area contributed by atoms with Crippen LogP contribution in [0.25, 0.3) is 0 Å². The van der Waals surface area contributed by atoms with Crippen LogP contribution in [0.4, 0.5) is 13.2 Å². The van der Waals surface area contributed by atoms with Gasteiger partial charge in [-0.25, -0.2) is 13.1 Å². The third-order valence-electron chi connectivity index (χ3n) is 2.93. The monoisotopic (exact) mass is 328 g/mol. The molecule has 20 heavy (non-hydrogen) atoms. The number of sulfonamides is 1. The fourth-order valence-corrected chi connectivity index (χ4v) is 3.72. The van der Waals surface area contributed by atoms with Crippen LogP contribution in [0.15, 0.2) is 23.1 Å². The second-order valence-corrected chi connectivity index (χ2v) is 6.54. The molecule has 4 nitrogen and oxygen atoms in total. The Balaban J connectivity index is 2.35. The van der Waals surface area contributed by atoms with Crippen molar-refractivity contribution in [1.82, 2.24) is 10.0 Å². The fraction of sp³-hybridized carbons (Fsp3) is 0.455. The van der Waals surface area contributed by atoms with Gasteiger partial charge in [-0.05, 0) is 31.2 Å². The van der Waals surface area contributed by atoms with E-state index < -0.39 is 26.7 Å². The maximum Gasteiger partial charge on any atom is 0.416 e. The highest BCUT2D eigenvalue weighted by Crippen LogP contribution is 2.33. The molecule has 1 aliphatic heterocycles. The van der Waals surface area contributed by atoms with Crippen LogP contribution in [0.3, 0.4) is 0 Å². The van der Waals surface area contributed by atoms with Crippen LogP contribution >= 0.6 is 11.6 Å². The van der Waals surface area contributed by atoms with Gasteiger partial charge in [-0.15, -0.1) is 0 Å².